The van der Waals surface area contributed by atoms with E-state index in [0.717, 1.165) is 18.2 Å². The first-order chi connectivity index (χ1) is 20.7. The van der Waals surface area contributed by atoms with E-state index < -0.39 is 74.4 Å². The van der Waals surface area contributed by atoms with Crippen molar-refractivity contribution in [1.82, 2.24) is 15.5 Å². The van der Waals surface area contributed by atoms with Crippen molar-refractivity contribution in [2.24, 2.45) is 0 Å². The van der Waals surface area contributed by atoms with E-state index in [0.29, 0.717) is 18.5 Å². The Morgan fingerprint density at radius 2 is 1.55 bits per heavy atom. The molecule has 1 fully saturated rings. The normalized spacial score (nSPS) is 15.4. The van der Waals surface area contributed by atoms with Crippen LogP contribution < -0.4 is 21.3 Å². The Labute approximate surface area is 249 Å². The van der Waals surface area contributed by atoms with Crippen LogP contribution in [-0.2, 0) is 19.2 Å². The van der Waals surface area contributed by atoms with Gasteiger partial charge in [0.15, 0.2) is 0 Å². The largest absolute Gasteiger partial charge is 0.371 e. The minimum atomic E-state index is -1.45. The minimum absolute atomic E-state index is 0.130. The maximum atomic E-state index is 13.6. The van der Waals surface area contributed by atoms with Crippen molar-refractivity contribution >= 4 is 52.1 Å². The van der Waals surface area contributed by atoms with Crippen molar-refractivity contribution in [3.05, 3.63) is 72.8 Å². The van der Waals surface area contributed by atoms with E-state index in [4.69, 9.17) is 0 Å². The zero-order chi connectivity index (χ0) is 32.6. The molecule has 0 saturated carbocycles. The summed E-state index contributed by atoms with van der Waals surface area (Å²) in [7, 11) is 0. The number of likely N-dealkylation sites (tertiary alicyclic amines) is 1. The topological polar surface area (TPSA) is 249 Å². The third-order valence-corrected chi connectivity index (χ3v) is 7.02. The van der Waals surface area contributed by atoms with E-state index in [2.05, 4.69) is 21.3 Å². The van der Waals surface area contributed by atoms with Gasteiger partial charge in [-0.2, -0.15) is 0 Å². The highest BCUT2D eigenvalue weighted by molar-refractivity contribution is 5.98. The van der Waals surface area contributed by atoms with Gasteiger partial charge >= 0.3 is 0 Å². The molecule has 0 bridgehead atoms. The molecule has 3 rings (SSSR count). The van der Waals surface area contributed by atoms with Gasteiger partial charge in [-0.25, -0.2) is 0 Å². The summed E-state index contributed by atoms with van der Waals surface area (Å²) in [6.45, 7) is 2.45. The second kappa shape index (κ2) is 14.0. The molecule has 1 saturated heterocycles. The maximum absolute atomic E-state index is 13.6. The number of nitrogens with zero attached hydrogens (tertiary/aromatic N) is 4. The molecule has 0 spiro atoms. The average molecular weight is 615 g/mol. The summed E-state index contributed by atoms with van der Waals surface area (Å²) in [5, 5.41) is 43.2. The molecule has 1 heterocycles. The number of nitrogens with one attached hydrogen (secondary N) is 4. The van der Waals surface area contributed by atoms with Crippen molar-refractivity contribution in [3.8, 4) is 0 Å². The molecule has 2 aromatic carbocycles. The zero-order valence-corrected chi connectivity index (χ0v) is 23.7. The summed E-state index contributed by atoms with van der Waals surface area (Å²) in [4.78, 5) is 83.8. The van der Waals surface area contributed by atoms with E-state index in [9.17, 15) is 49.5 Å². The third kappa shape index (κ3) is 7.99. The van der Waals surface area contributed by atoms with Gasteiger partial charge in [0, 0.05) is 30.4 Å². The first-order valence-electron chi connectivity index (χ1n) is 13.4. The van der Waals surface area contributed by atoms with Gasteiger partial charge in [0.05, 0.1) is 33.9 Å². The van der Waals surface area contributed by atoms with Gasteiger partial charge in [-0.05, 0) is 44.4 Å². The molecule has 4 N–H and O–H groups in total. The first-order valence-corrected chi connectivity index (χ1v) is 13.4. The standard InChI is InChI=1S/C26H30N8O10/c1-3-26(2,30-23(36)15-27-19-11-10-18(33(41)42)13-21(19)34(43)44)25(38)31-12-4-5-20(31)24(37)28-14-22(35)29-16-6-8-17(9-7-16)32(39)40/h6-11,13,20,27H,3-5,12,14-15H2,1-2H3,(H,28,37)(H,29,35)(H,30,36)/t20-,26+/m0/s1. The van der Waals surface area contributed by atoms with E-state index in [1.165, 1.54) is 36.1 Å². The zero-order valence-electron chi connectivity index (χ0n) is 23.7. The molecule has 2 atom stereocenters. The van der Waals surface area contributed by atoms with Crippen LogP contribution in [0.2, 0.25) is 0 Å². The number of hydrogen-bond donors (Lipinski definition) is 4. The number of carbonyl (C=O) groups is 4. The maximum Gasteiger partial charge on any atom is 0.299 e. The SMILES string of the molecule is CC[C@@](C)(NC(=O)CNc1ccc([N+](=O)[O-])cc1[N+](=O)[O-])C(=O)N1CCC[C@H]1C(=O)NCC(=O)Nc1ccc([N+](=O)[O-])cc1. The van der Waals surface area contributed by atoms with Crippen molar-refractivity contribution in [1.29, 1.82) is 0 Å². The molecule has 0 unspecified atom stereocenters. The smallest absolute Gasteiger partial charge is 0.299 e. The molecule has 1 aliphatic rings. The van der Waals surface area contributed by atoms with Crippen LogP contribution in [0.5, 0.6) is 0 Å². The number of benzene rings is 2. The van der Waals surface area contributed by atoms with E-state index in [-0.39, 0.29) is 24.3 Å². The second-order valence-electron chi connectivity index (χ2n) is 10.0. The molecule has 234 valence electrons. The summed E-state index contributed by atoms with van der Waals surface area (Å²) in [6.07, 6.45) is 0.955. The van der Waals surface area contributed by atoms with Crippen LogP contribution in [0, 0.1) is 30.3 Å². The number of non-ortho nitro benzene ring substituents is 2. The lowest BCUT2D eigenvalue weighted by Crippen LogP contribution is -2.60. The molecule has 0 aliphatic carbocycles. The molecular formula is C26H30N8O10. The Balaban J connectivity index is 1.58. The summed E-state index contributed by atoms with van der Waals surface area (Å²) in [5.41, 5.74) is -2.54. The number of anilines is 2. The Hall–Kier alpha value is -5.68. The molecule has 2 aromatic rings. The number of rotatable bonds is 13. The lowest BCUT2D eigenvalue weighted by Gasteiger charge is -2.35. The summed E-state index contributed by atoms with van der Waals surface area (Å²) >= 11 is 0. The van der Waals surface area contributed by atoms with Crippen molar-refractivity contribution in [2.75, 3.05) is 30.3 Å². The van der Waals surface area contributed by atoms with Crippen molar-refractivity contribution in [3.63, 3.8) is 0 Å². The molecular weight excluding hydrogens is 584 g/mol. The molecule has 1 aliphatic heterocycles. The fraction of sp³-hybridized carbons (Fsp3) is 0.385. The summed E-state index contributed by atoms with van der Waals surface area (Å²) in [6, 6.07) is 7.13. The summed E-state index contributed by atoms with van der Waals surface area (Å²) < 4.78 is 0. The molecule has 44 heavy (non-hydrogen) atoms. The Kier molecular flexibility index (Phi) is 10.4. The van der Waals surface area contributed by atoms with Crippen LogP contribution in [0.25, 0.3) is 0 Å². The molecule has 18 heteroatoms. The van der Waals surface area contributed by atoms with E-state index >= 15 is 0 Å². The van der Waals surface area contributed by atoms with Crippen LogP contribution in [0.15, 0.2) is 42.5 Å². The lowest BCUT2D eigenvalue weighted by molar-refractivity contribution is -0.393. The van der Waals surface area contributed by atoms with Gasteiger partial charge in [-0.15, -0.1) is 0 Å². The van der Waals surface area contributed by atoms with Gasteiger partial charge in [0.1, 0.15) is 17.3 Å². The average Bonchev–Trinajstić information content (AvgIpc) is 3.48. The predicted octanol–water partition coefficient (Wildman–Crippen LogP) is 1.85. The highest BCUT2D eigenvalue weighted by Crippen LogP contribution is 2.29. The fourth-order valence-electron chi connectivity index (χ4n) is 4.51. The molecule has 0 aromatic heterocycles. The number of amides is 4. The Morgan fingerprint density at radius 1 is 0.909 bits per heavy atom. The van der Waals surface area contributed by atoms with Crippen LogP contribution in [0.3, 0.4) is 0 Å². The molecule has 0 radical (unpaired) electrons. The van der Waals surface area contributed by atoms with Gasteiger partial charge in [0.25, 0.3) is 17.1 Å². The van der Waals surface area contributed by atoms with E-state index in [1.807, 2.05) is 0 Å². The van der Waals surface area contributed by atoms with E-state index in [1.54, 1.807) is 6.92 Å². The number of hydrogen-bond acceptors (Lipinski definition) is 11. The van der Waals surface area contributed by atoms with Crippen LogP contribution >= 0.6 is 0 Å². The molecule has 4 amide bonds. The van der Waals surface area contributed by atoms with Crippen molar-refractivity contribution in [2.45, 2.75) is 44.7 Å². The fourth-order valence-corrected chi connectivity index (χ4v) is 4.51. The first kappa shape index (κ1) is 32.8. The number of carbonyl (C=O) groups excluding carboxylic acids is 4. The quantitative estimate of drug-likeness (QED) is 0.187. The monoisotopic (exact) mass is 614 g/mol. The van der Waals surface area contributed by atoms with Gasteiger partial charge in [-0.3, -0.25) is 49.5 Å². The summed E-state index contributed by atoms with van der Waals surface area (Å²) in [5.74, 6) is -2.40. The number of nitro groups is 3. The highest BCUT2D eigenvalue weighted by atomic mass is 16.6. The van der Waals surface area contributed by atoms with Crippen LogP contribution in [-0.4, -0.2) is 74.5 Å². The Morgan fingerprint density at radius 3 is 2.14 bits per heavy atom. The van der Waals surface area contributed by atoms with Gasteiger partial charge < -0.3 is 26.2 Å². The number of nitro benzene ring substituents is 3. The third-order valence-electron chi connectivity index (χ3n) is 7.02. The highest BCUT2D eigenvalue weighted by Gasteiger charge is 2.43. The molecule has 18 nitrogen and oxygen atoms in total. The second-order valence-corrected chi connectivity index (χ2v) is 10.0. The van der Waals surface area contributed by atoms with Crippen LogP contribution in [0.4, 0.5) is 28.4 Å². The minimum Gasteiger partial charge on any atom is -0.371 e. The lowest BCUT2D eigenvalue weighted by atomic mass is 9.96. The predicted molar refractivity (Wildman–Crippen MR) is 155 cm³/mol. The van der Waals surface area contributed by atoms with Crippen LogP contribution in [0.1, 0.15) is 33.1 Å². The van der Waals surface area contributed by atoms with Crippen molar-refractivity contribution < 1.29 is 33.9 Å². The Bertz CT molecular complexity index is 1480. The van der Waals surface area contributed by atoms with Gasteiger partial charge in [-0.1, -0.05) is 6.92 Å². The van der Waals surface area contributed by atoms with Gasteiger partial charge in [0.2, 0.25) is 23.6 Å².